The molecule has 0 atom stereocenters. The lowest BCUT2D eigenvalue weighted by atomic mass is 9.92. The van der Waals surface area contributed by atoms with E-state index in [9.17, 15) is 14.7 Å². The van der Waals surface area contributed by atoms with E-state index in [2.05, 4.69) is 15.9 Å². The molecule has 0 radical (unpaired) electrons. The van der Waals surface area contributed by atoms with Crippen LogP contribution in [0, 0.1) is 6.92 Å². The van der Waals surface area contributed by atoms with E-state index in [1.165, 1.54) is 20.8 Å². The van der Waals surface area contributed by atoms with Gasteiger partial charge in [-0.2, -0.15) is 0 Å². The van der Waals surface area contributed by atoms with Gasteiger partial charge in [0.15, 0.2) is 11.6 Å². The van der Waals surface area contributed by atoms with Crippen molar-refractivity contribution in [2.75, 3.05) is 0 Å². The van der Waals surface area contributed by atoms with Gasteiger partial charge in [0.1, 0.15) is 5.76 Å². The summed E-state index contributed by atoms with van der Waals surface area (Å²) >= 11 is 3.41. The fourth-order valence-electron chi connectivity index (χ4n) is 3.03. The number of rotatable bonds is 4. The molecule has 4 nitrogen and oxygen atoms in total. The Morgan fingerprint density at radius 3 is 2.00 bits per heavy atom. The van der Waals surface area contributed by atoms with Crippen molar-refractivity contribution in [3.05, 3.63) is 51.3 Å². The van der Waals surface area contributed by atoms with Gasteiger partial charge in [-0.25, -0.2) is 0 Å². The Kier molecular flexibility index (Phi) is 5.13. The van der Waals surface area contributed by atoms with Crippen LogP contribution in [0.25, 0.3) is 16.8 Å². The van der Waals surface area contributed by atoms with Crippen LogP contribution < -0.4 is 0 Å². The van der Waals surface area contributed by atoms with Gasteiger partial charge in [-0.1, -0.05) is 28.1 Å². The van der Waals surface area contributed by atoms with Crippen molar-refractivity contribution in [2.45, 2.75) is 27.7 Å². The van der Waals surface area contributed by atoms with Crippen molar-refractivity contribution < 1.29 is 14.7 Å². The maximum absolute atomic E-state index is 12.3. The van der Waals surface area contributed by atoms with Gasteiger partial charge in [0.05, 0.1) is 11.3 Å². The van der Waals surface area contributed by atoms with Crippen molar-refractivity contribution >= 4 is 33.1 Å². The molecule has 1 N–H and O–H groups in total. The van der Waals surface area contributed by atoms with Crippen molar-refractivity contribution in [3.8, 4) is 11.3 Å². The lowest BCUT2D eigenvalue weighted by molar-refractivity contribution is -0.111. The number of benzene rings is 1. The van der Waals surface area contributed by atoms with Crippen LogP contribution in [-0.2, 0) is 11.8 Å². The van der Waals surface area contributed by atoms with Gasteiger partial charge in [-0.15, -0.1) is 0 Å². The fraction of sp³-hybridized carbons (Fsp3) is 0.263. The topological polar surface area (TPSA) is 59.3 Å². The molecule has 5 heteroatoms. The van der Waals surface area contributed by atoms with Crippen LogP contribution in [0.4, 0.5) is 0 Å². The first kappa shape index (κ1) is 18.2. The van der Waals surface area contributed by atoms with Crippen LogP contribution in [0.5, 0.6) is 0 Å². The maximum atomic E-state index is 12.3. The van der Waals surface area contributed by atoms with E-state index in [1.807, 2.05) is 42.8 Å². The lowest BCUT2D eigenvalue weighted by Crippen LogP contribution is -2.05. The molecule has 2 aromatic rings. The second-order valence-corrected chi connectivity index (χ2v) is 6.74. The molecule has 0 bridgehead atoms. The molecule has 0 fully saturated rings. The molecule has 1 aromatic carbocycles. The SMILES string of the molecule is CC(=O)C(=C(C)O)c1c(C(C)=O)c(C)n(C)c1-c1ccc(Br)cc1. The highest BCUT2D eigenvalue weighted by atomic mass is 79.9. The van der Waals surface area contributed by atoms with E-state index >= 15 is 0 Å². The Hall–Kier alpha value is -2.14. The van der Waals surface area contributed by atoms with E-state index in [1.54, 1.807) is 0 Å². The van der Waals surface area contributed by atoms with Crippen LogP contribution in [-0.4, -0.2) is 21.2 Å². The first-order chi connectivity index (χ1) is 11.2. The summed E-state index contributed by atoms with van der Waals surface area (Å²) in [5.41, 5.74) is 3.51. The highest BCUT2D eigenvalue weighted by molar-refractivity contribution is 9.10. The smallest absolute Gasteiger partial charge is 0.163 e. The average Bonchev–Trinajstić information content (AvgIpc) is 2.71. The highest BCUT2D eigenvalue weighted by Gasteiger charge is 2.28. The zero-order valence-electron chi connectivity index (χ0n) is 14.4. The number of halogens is 1. The molecule has 0 saturated carbocycles. The predicted octanol–water partition coefficient (Wildman–Crippen LogP) is 4.84. The summed E-state index contributed by atoms with van der Waals surface area (Å²) in [5.74, 6) is -0.503. The summed E-state index contributed by atoms with van der Waals surface area (Å²) in [7, 11) is 1.85. The maximum Gasteiger partial charge on any atom is 0.163 e. The zero-order chi connectivity index (χ0) is 18.2. The number of hydrogen-bond acceptors (Lipinski definition) is 3. The van der Waals surface area contributed by atoms with Crippen molar-refractivity contribution in [3.63, 3.8) is 0 Å². The number of nitrogens with zero attached hydrogens (tertiary/aromatic N) is 1. The van der Waals surface area contributed by atoms with Gasteiger partial charge in [0.25, 0.3) is 0 Å². The second kappa shape index (κ2) is 6.77. The van der Waals surface area contributed by atoms with Gasteiger partial charge in [-0.3, -0.25) is 9.59 Å². The van der Waals surface area contributed by atoms with Gasteiger partial charge in [0.2, 0.25) is 0 Å². The predicted molar refractivity (Wildman–Crippen MR) is 99.2 cm³/mol. The molecule has 0 saturated heterocycles. The number of ketones is 2. The molecule has 0 unspecified atom stereocenters. The van der Waals surface area contributed by atoms with E-state index in [0.717, 1.165) is 21.4 Å². The number of aliphatic hydroxyl groups is 1. The molecule has 0 aliphatic rings. The zero-order valence-corrected chi connectivity index (χ0v) is 16.0. The van der Waals surface area contributed by atoms with Gasteiger partial charge in [0, 0.05) is 28.3 Å². The summed E-state index contributed by atoms with van der Waals surface area (Å²) in [5, 5.41) is 10.1. The minimum absolute atomic E-state index is 0.0889. The second-order valence-electron chi connectivity index (χ2n) is 5.82. The molecule has 0 spiro atoms. The summed E-state index contributed by atoms with van der Waals surface area (Å²) in [6.07, 6.45) is 0. The third-order valence-electron chi connectivity index (χ3n) is 4.12. The first-order valence-corrected chi connectivity index (χ1v) is 8.33. The van der Waals surface area contributed by atoms with E-state index in [4.69, 9.17) is 0 Å². The Labute approximate surface area is 149 Å². The normalized spacial score (nSPS) is 12.1. The van der Waals surface area contributed by atoms with Gasteiger partial charge in [-0.05, 0) is 45.4 Å². The fourth-order valence-corrected chi connectivity index (χ4v) is 3.30. The summed E-state index contributed by atoms with van der Waals surface area (Å²) in [6.45, 7) is 6.18. The largest absolute Gasteiger partial charge is 0.512 e. The van der Waals surface area contributed by atoms with Crippen LogP contribution in [0.3, 0.4) is 0 Å². The van der Waals surface area contributed by atoms with Gasteiger partial charge < -0.3 is 9.67 Å². The summed E-state index contributed by atoms with van der Waals surface area (Å²) in [4.78, 5) is 24.4. The van der Waals surface area contributed by atoms with Crippen LogP contribution in [0.2, 0.25) is 0 Å². The minimum Gasteiger partial charge on any atom is -0.512 e. The van der Waals surface area contributed by atoms with Gasteiger partial charge >= 0.3 is 0 Å². The van der Waals surface area contributed by atoms with Crippen LogP contribution in [0.1, 0.15) is 42.4 Å². The summed E-state index contributed by atoms with van der Waals surface area (Å²) in [6, 6.07) is 7.63. The number of allylic oxidation sites excluding steroid dienone is 2. The minimum atomic E-state index is -0.276. The molecule has 24 heavy (non-hydrogen) atoms. The number of carbonyl (C=O) groups excluding carboxylic acids is 2. The Morgan fingerprint density at radius 2 is 1.58 bits per heavy atom. The molecule has 1 aromatic heterocycles. The van der Waals surface area contributed by atoms with Crippen molar-refractivity contribution in [1.29, 1.82) is 0 Å². The molecular weight excluding hydrogens is 370 g/mol. The molecular formula is C19H20BrNO3. The van der Waals surface area contributed by atoms with Crippen LogP contribution in [0.15, 0.2) is 34.5 Å². The van der Waals surface area contributed by atoms with Crippen molar-refractivity contribution in [1.82, 2.24) is 4.57 Å². The Bertz CT molecular complexity index is 854. The molecule has 0 amide bonds. The van der Waals surface area contributed by atoms with E-state index in [0.29, 0.717) is 11.1 Å². The molecule has 126 valence electrons. The van der Waals surface area contributed by atoms with Crippen LogP contribution >= 0.6 is 15.9 Å². The standard InChI is InChI=1S/C19H20BrNO3/c1-10-16(11(2)22)18(17(12(3)23)13(4)24)19(21(10)5)14-6-8-15(20)9-7-14/h6-9,23H,1-5H3. The number of aromatic nitrogens is 1. The highest BCUT2D eigenvalue weighted by Crippen LogP contribution is 2.37. The number of carbonyl (C=O) groups is 2. The molecule has 0 aliphatic carbocycles. The number of Topliss-reactive ketones (excluding diaryl/α,β-unsaturated/α-hetero) is 2. The molecule has 0 aliphatic heterocycles. The third kappa shape index (κ3) is 3.08. The monoisotopic (exact) mass is 389 g/mol. The number of hydrogen-bond donors (Lipinski definition) is 1. The average molecular weight is 390 g/mol. The Morgan fingerprint density at radius 1 is 1.04 bits per heavy atom. The quantitative estimate of drug-likeness (QED) is 0.462. The summed E-state index contributed by atoms with van der Waals surface area (Å²) < 4.78 is 2.83. The van der Waals surface area contributed by atoms with E-state index in [-0.39, 0.29) is 22.9 Å². The molecule has 1 heterocycles. The van der Waals surface area contributed by atoms with E-state index < -0.39 is 0 Å². The van der Waals surface area contributed by atoms with Crippen molar-refractivity contribution in [2.24, 2.45) is 7.05 Å². The first-order valence-electron chi connectivity index (χ1n) is 7.54. The Balaban J connectivity index is 2.97. The molecule has 2 rings (SSSR count). The number of aliphatic hydroxyl groups excluding tert-OH is 1. The third-order valence-corrected chi connectivity index (χ3v) is 4.65. The lowest BCUT2D eigenvalue weighted by Gasteiger charge is -2.12.